The van der Waals surface area contributed by atoms with E-state index in [2.05, 4.69) is 19.2 Å². The largest absolute Gasteiger partial charge is 0.350 e. The van der Waals surface area contributed by atoms with Gasteiger partial charge in [0, 0.05) is 18.5 Å². The number of hydrogen-bond acceptors (Lipinski definition) is 2. The summed E-state index contributed by atoms with van der Waals surface area (Å²) >= 11 is 0. The van der Waals surface area contributed by atoms with Gasteiger partial charge in [0.1, 0.15) is 6.04 Å². The number of carbonyl (C=O) groups excluding carboxylic acids is 2. The third kappa shape index (κ3) is 4.31. The van der Waals surface area contributed by atoms with Crippen molar-refractivity contribution in [3.05, 3.63) is 0 Å². The zero-order valence-electron chi connectivity index (χ0n) is 12.2. The Morgan fingerprint density at radius 3 is 2.39 bits per heavy atom. The molecule has 1 atom stereocenters. The van der Waals surface area contributed by atoms with Crippen LogP contribution < -0.4 is 5.32 Å². The normalized spacial score (nSPS) is 18.3. The second-order valence-corrected chi connectivity index (χ2v) is 6.58. The van der Waals surface area contributed by atoms with Crippen molar-refractivity contribution in [2.24, 2.45) is 5.92 Å². The van der Waals surface area contributed by atoms with Gasteiger partial charge in [0.2, 0.25) is 11.8 Å². The first-order chi connectivity index (χ1) is 8.20. The first-order valence-corrected chi connectivity index (χ1v) is 6.82. The second kappa shape index (κ2) is 5.72. The molecule has 1 heterocycles. The van der Waals surface area contributed by atoms with E-state index in [1.807, 2.05) is 20.8 Å². The summed E-state index contributed by atoms with van der Waals surface area (Å²) in [5, 5.41) is 2.99. The van der Waals surface area contributed by atoms with Crippen molar-refractivity contribution in [3.63, 3.8) is 0 Å². The van der Waals surface area contributed by atoms with Crippen LogP contribution in [0.25, 0.3) is 0 Å². The summed E-state index contributed by atoms with van der Waals surface area (Å²) < 4.78 is 0. The molecule has 18 heavy (non-hydrogen) atoms. The summed E-state index contributed by atoms with van der Waals surface area (Å²) in [4.78, 5) is 25.9. The number of likely N-dealkylation sites (tertiary alicyclic amines) is 1. The highest BCUT2D eigenvalue weighted by Crippen LogP contribution is 2.20. The van der Waals surface area contributed by atoms with Gasteiger partial charge in [-0.2, -0.15) is 0 Å². The van der Waals surface area contributed by atoms with E-state index in [-0.39, 0.29) is 23.4 Å². The zero-order chi connectivity index (χ0) is 13.9. The zero-order valence-corrected chi connectivity index (χ0v) is 12.2. The molecule has 1 N–H and O–H groups in total. The summed E-state index contributed by atoms with van der Waals surface area (Å²) in [5.74, 6) is 0.491. The summed E-state index contributed by atoms with van der Waals surface area (Å²) in [6.07, 6.45) is 2.18. The molecule has 1 saturated heterocycles. The fourth-order valence-corrected chi connectivity index (χ4v) is 2.27. The Morgan fingerprint density at radius 2 is 2.00 bits per heavy atom. The van der Waals surface area contributed by atoms with Crippen LogP contribution in [0.5, 0.6) is 0 Å². The smallest absolute Gasteiger partial charge is 0.243 e. The maximum Gasteiger partial charge on any atom is 0.243 e. The molecule has 1 aliphatic heterocycles. The van der Waals surface area contributed by atoms with E-state index in [4.69, 9.17) is 0 Å². The van der Waals surface area contributed by atoms with Gasteiger partial charge >= 0.3 is 0 Å². The SMILES string of the molecule is CC(C)CC(C(=O)NC(C)(C)C)N1CCCC1=O. The predicted molar refractivity (Wildman–Crippen MR) is 72.1 cm³/mol. The number of rotatable bonds is 4. The van der Waals surface area contributed by atoms with Crippen molar-refractivity contribution in [2.45, 2.75) is 65.5 Å². The predicted octanol–water partition coefficient (Wildman–Crippen LogP) is 1.94. The van der Waals surface area contributed by atoms with Gasteiger partial charge in [-0.15, -0.1) is 0 Å². The average Bonchev–Trinajstić information content (AvgIpc) is 2.57. The number of hydrogen-bond donors (Lipinski definition) is 1. The molecule has 4 heteroatoms. The lowest BCUT2D eigenvalue weighted by Crippen LogP contribution is -2.53. The highest BCUT2D eigenvalue weighted by molar-refractivity contribution is 5.88. The summed E-state index contributed by atoms with van der Waals surface area (Å²) in [6.45, 7) is 10.8. The van der Waals surface area contributed by atoms with Crippen LogP contribution in [-0.4, -0.2) is 34.8 Å². The summed E-state index contributed by atoms with van der Waals surface area (Å²) in [6, 6.07) is -0.306. The molecule has 104 valence electrons. The van der Waals surface area contributed by atoms with E-state index in [1.165, 1.54) is 0 Å². The fourth-order valence-electron chi connectivity index (χ4n) is 2.27. The molecule has 1 unspecified atom stereocenters. The summed E-state index contributed by atoms with van der Waals surface area (Å²) in [7, 11) is 0. The molecule has 4 nitrogen and oxygen atoms in total. The standard InChI is InChI=1S/C14H26N2O2/c1-10(2)9-11(13(18)15-14(3,4)5)16-8-6-7-12(16)17/h10-11H,6-9H2,1-5H3,(H,15,18). The Kier molecular flexibility index (Phi) is 4.77. The molecule has 0 aromatic heterocycles. The molecule has 0 radical (unpaired) electrons. The van der Waals surface area contributed by atoms with Crippen LogP contribution in [0.1, 0.15) is 53.9 Å². The van der Waals surface area contributed by atoms with Gasteiger partial charge in [0.05, 0.1) is 0 Å². The Bertz CT molecular complexity index is 318. The number of nitrogens with one attached hydrogen (secondary N) is 1. The van der Waals surface area contributed by atoms with Gasteiger partial charge in [-0.1, -0.05) is 13.8 Å². The molecule has 0 bridgehead atoms. The Hall–Kier alpha value is -1.06. The number of carbonyl (C=O) groups is 2. The van der Waals surface area contributed by atoms with Gasteiger partial charge in [-0.25, -0.2) is 0 Å². The lowest BCUT2D eigenvalue weighted by Gasteiger charge is -2.31. The molecule has 0 saturated carbocycles. The molecule has 1 fully saturated rings. The van der Waals surface area contributed by atoms with Crippen molar-refractivity contribution >= 4 is 11.8 Å². The lowest BCUT2D eigenvalue weighted by atomic mass is 10.00. The number of nitrogens with zero attached hydrogens (tertiary/aromatic N) is 1. The fraction of sp³-hybridized carbons (Fsp3) is 0.857. The van der Waals surface area contributed by atoms with Gasteiger partial charge in [0.15, 0.2) is 0 Å². The highest BCUT2D eigenvalue weighted by Gasteiger charge is 2.34. The first-order valence-electron chi connectivity index (χ1n) is 6.82. The van der Waals surface area contributed by atoms with Crippen LogP contribution >= 0.6 is 0 Å². The van der Waals surface area contributed by atoms with E-state index >= 15 is 0 Å². The molecular weight excluding hydrogens is 228 g/mol. The topological polar surface area (TPSA) is 49.4 Å². The van der Waals surface area contributed by atoms with Crippen LogP contribution in [0.2, 0.25) is 0 Å². The first kappa shape index (κ1) is 15.0. The molecule has 0 spiro atoms. The maximum atomic E-state index is 12.3. The third-order valence-electron chi connectivity index (χ3n) is 2.98. The molecule has 1 rings (SSSR count). The molecule has 0 aromatic carbocycles. The third-order valence-corrected chi connectivity index (χ3v) is 2.98. The van der Waals surface area contributed by atoms with E-state index < -0.39 is 0 Å². The Morgan fingerprint density at radius 1 is 1.39 bits per heavy atom. The Labute approximate surface area is 110 Å². The molecule has 1 aliphatic rings. The van der Waals surface area contributed by atoms with E-state index in [0.717, 1.165) is 12.8 Å². The molecule has 0 aliphatic carbocycles. The maximum absolute atomic E-state index is 12.3. The van der Waals surface area contributed by atoms with Gasteiger partial charge < -0.3 is 10.2 Å². The van der Waals surface area contributed by atoms with Crippen LogP contribution in [-0.2, 0) is 9.59 Å². The van der Waals surface area contributed by atoms with Crippen LogP contribution in [0, 0.1) is 5.92 Å². The van der Waals surface area contributed by atoms with E-state index in [0.29, 0.717) is 18.9 Å². The second-order valence-electron chi connectivity index (χ2n) is 6.58. The number of amides is 2. The van der Waals surface area contributed by atoms with Crippen LogP contribution in [0.4, 0.5) is 0 Å². The van der Waals surface area contributed by atoms with Gasteiger partial charge in [-0.3, -0.25) is 9.59 Å². The van der Waals surface area contributed by atoms with E-state index in [9.17, 15) is 9.59 Å². The minimum atomic E-state index is -0.306. The molecule has 0 aromatic rings. The van der Waals surface area contributed by atoms with Crippen molar-refractivity contribution in [1.29, 1.82) is 0 Å². The lowest BCUT2D eigenvalue weighted by molar-refractivity contribution is -0.138. The van der Waals surface area contributed by atoms with Crippen molar-refractivity contribution < 1.29 is 9.59 Å². The van der Waals surface area contributed by atoms with Crippen molar-refractivity contribution in [3.8, 4) is 0 Å². The average molecular weight is 254 g/mol. The van der Waals surface area contributed by atoms with Crippen LogP contribution in [0.15, 0.2) is 0 Å². The summed E-state index contributed by atoms with van der Waals surface area (Å²) in [5.41, 5.74) is -0.255. The highest BCUT2D eigenvalue weighted by atomic mass is 16.2. The monoisotopic (exact) mass is 254 g/mol. The quantitative estimate of drug-likeness (QED) is 0.833. The van der Waals surface area contributed by atoms with Crippen molar-refractivity contribution in [2.75, 3.05) is 6.54 Å². The van der Waals surface area contributed by atoms with E-state index in [1.54, 1.807) is 4.90 Å². The van der Waals surface area contributed by atoms with Crippen LogP contribution in [0.3, 0.4) is 0 Å². The Balaban J connectivity index is 2.77. The minimum Gasteiger partial charge on any atom is -0.350 e. The molecule has 2 amide bonds. The van der Waals surface area contributed by atoms with Gasteiger partial charge in [-0.05, 0) is 39.5 Å². The van der Waals surface area contributed by atoms with Crippen molar-refractivity contribution in [1.82, 2.24) is 10.2 Å². The van der Waals surface area contributed by atoms with Gasteiger partial charge in [0.25, 0.3) is 0 Å². The molecular formula is C14H26N2O2. The minimum absolute atomic E-state index is 0.0218.